The fraction of sp³-hybridized carbons (Fsp3) is 0.750. The summed E-state index contributed by atoms with van der Waals surface area (Å²) >= 11 is 0. The van der Waals surface area contributed by atoms with E-state index < -0.39 is 5.97 Å². The lowest BCUT2D eigenvalue weighted by Gasteiger charge is -2.11. The Morgan fingerprint density at radius 3 is 3.00 bits per heavy atom. The van der Waals surface area contributed by atoms with Crippen molar-refractivity contribution in [3.8, 4) is 6.07 Å². The molecule has 1 fully saturated rings. The van der Waals surface area contributed by atoms with Crippen LogP contribution in [0.5, 0.6) is 0 Å². The van der Waals surface area contributed by atoms with Gasteiger partial charge in [0.1, 0.15) is 0 Å². The zero-order valence-corrected chi connectivity index (χ0v) is 6.86. The van der Waals surface area contributed by atoms with Crippen molar-refractivity contribution >= 4 is 5.97 Å². The molecule has 66 valence electrons. The summed E-state index contributed by atoms with van der Waals surface area (Å²) in [6.07, 6.45) is 1.22. The van der Waals surface area contributed by atoms with Gasteiger partial charge in [0, 0.05) is 19.5 Å². The van der Waals surface area contributed by atoms with Crippen molar-refractivity contribution in [1.82, 2.24) is 4.90 Å². The number of rotatable bonds is 3. The Bertz CT molecular complexity index is 210. The van der Waals surface area contributed by atoms with Gasteiger partial charge in [0.2, 0.25) is 0 Å². The van der Waals surface area contributed by atoms with Crippen molar-refractivity contribution in [1.29, 1.82) is 5.26 Å². The van der Waals surface area contributed by atoms with Gasteiger partial charge < -0.3 is 10.0 Å². The third-order valence-electron chi connectivity index (χ3n) is 2.16. The van der Waals surface area contributed by atoms with Gasteiger partial charge in [-0.15, -0.1) is 0 Å². The van der Waals surface area contributed by atoms with Crippen LogP contribution in [0.4, 0.5) is 0 Å². The second kappa shape index (κ2) is 4.07. The molecule has 1 rings (SSSR count). The third kappa shape index (κ3) is 2.21. The monoisotopic (exact) mass is 168 g/mol. The van der Waals surface area contributed by atoms with Gasteiger partial charge in [-0.05, 0) is 13.0 Å². The summed E-state index contributed by atoms with van der Waals surface area (Å²) < 4.78 is 0. The first-order chi connectivity index (χ1) is 5.74. The lowest BCUT2D eigenvalue weighted by Crippen LogP contribution is -2.23. The van der Waals surface area contributed by atoms with Crippen molar-refractivity contribution in [2.45, 2.75) is 12.8 Å². The van der Waals surface area contributed by atoms with E-state index in [0.29, 0.717) is 19.5 Å². The summed E-state index contributed by atoms with van der Waals surface area (Å²) in [5, 5.41) is 17.0. The van der Waals surface area contributed by atoms with E-state index in [1.165, 1.54) is 0 Å². The Labute approximate surface area is 71.4 Å². The first-order valence-corrected chi connectivity index (χ1v) is 4.06. The van der Waals surface area contributed by atoms with Gasteiger partial charge in [-0.3, -0.25) is 4.79 Å². The minimum absolute atomic E-state index is 0.219. The molecule has 0 aromatic carbocycles. The first-order valence-electron chi connectivity index (χ1n) is 4.06. The van der Waals surface area contributed by atoms with Crippen LogP contribution < -0.4 is 0 Å². The highest BCUT2D eigenvalue weighted by molar-refractivity contribution is 5.70. The Balaban J connectivity index is 2.27. The van der Waals surface area contributed by atoms with Crippen LogP contribution in [0, 0.1) is 17.2 Å². The molecule has 4 nitrogen and oxygen atoms in total. The van der Waals surface area contributed by atoms with E-state index in [1.807, 2.05) is 11.0 Å². The van der Waals surface area contributed by atoms with E-state index in [4.69, 9.17) is 10.4 Å². The number of hydrogen-bond donors (Lipinski definition) is 1. The molecule has 0 spiro atoms. The highest BCUT2D eigenvalue weighted by Crippen LogP contribution is 2.15. The van der Waals surface area contributed by atoms with E-state index in [-0.39, 0.29) is 5.92 Å². The van der Waals surface area contributed by atoms with Crippen molar-refractivity contribution in [3.63, 3.8) is 0 Å². The number of nitriles is 1. The Kier molecular flexibility index (Phi) is 3.06. The van der Waals surface area contributed by atoms with Crippen LogP contribution in [0.1, 0.15) is 12.8 Å². The number of carboxylic acids is 1. The van der Waals surface area contributed by atoms with Gasteiger partial charge in [-0.2, -0.15) is 5.26 Å². The Morgan fingerprint density at radius 1 is 1.75 bits per heavy atom. The average Bonchev–Trinajstić information content (AvgIpc) is 2.48. The largest absolute Gasteiger partial charge is 0.481 e. The van der Waals surface area contributed by atoms with E-state index in [0.717, 1.165) is 13.0 Å². The fourth-order valence-electron chi connectivity index (χ4n) is 1.45. The molecule has 1 saturated heterocycles. The summed E-state index contributed by atoms with van der Waals surface area (Å²) in [6.45, 7) is 2.13. The molecule has 0 aliphatic carbocycles. The maximum absolute atomic E-state index is 10.5. The quantitative estimate of drug-likeness (QED) is 0.658. The zero-order valence-electron chi connectivity index (χ0n) is 6.86. The van der Waals surface area contributed by atoms with Gasteiger partial charge >= 0.3 is 5.97 Å². The molecular formula is C8H12N2O2. The molecule has 0 radical (unpaired) electrons. The molecule has 1 atom stereocenters. The zero-order chi connectivity index (χ0) is 8.97. The van der Waals surface area contributed by atoms with Gasteiger partial charge in [-0.1, -0.05) is 0 Å². The molecule has 0 aromatic heterocycles. The Hall–Kier alpha value is -1.08. The van der Waals surface area contributed by atoms with Crippen LogP contribution in [0.3, 0.4) is 0 Å². The normalized spacial score (nSPS) is 23.8. The minimum Gasteiger partial charge on any atom is -0.481 e. The van der Waals surface area contributed by atoms with Gasteiger partial charge in [0.05, 0.1) is 12.0 Å². The molecule has 0 bridgehead atoms. The summed E-state index contributed by atoms with van der Waals surface area (Å²) in [7, 11) is 0. The first kappa shape index (κ1) is 9.01. The SMILES string of the molecule is N#CCCN1CCC(C(=O)O)C1. The van der Waals surface area contributed by atoms with Crippen LogP contribution in [0.2, 0.25) is 0 Å². The molecule has 1 heterocycles. The minimum atomic E-state index is -0.713. The lowest BCUT2D eigenvalue weighted by atomic mass is 10.1. The van der Waals surface area contributed by atoms with E-state index >= 15 is 0 Å². The highest BCUT2D eigenvalue weighted by atomic mass is 16.4. The smallest absolute Gasteiger partial charge is 0.307 e. The topological polar surface area (TPSA) is 64.3 Å². The van der Waals surface area contributed by atoms with Crippen LogP contribution in [-0.4, -0.2) is 35.6 Å². The molecule has 0 amide bonds. The van der Waals surface area contributed by atoms with E-state index in [1.54, 1.807) is 0 Å². The summed E-state index contributed by atoms with van der Waals surface area (Å²) in [5.41, 5.74) is 0. The number of aliphatic carboxylic acids is 1. The molecule has 1 aliphatic rings. The molecule has 0 aromatic rings. The molecule has 4 heteroatoms. The maximum Gasteiger partial charge on any atom is 0.307 e. The van der Waals surface area contributed by atoms with Crippen molar-refractivity contribution in [3.05, 3.63) is 0 Å². The highest BCUT2D eigenvalue weighted by Gasteiger charge is 2.27. The number of likely N-dealkylation sites (tertiary alicyclic amines) is 1. The van der Waals surface area contributed by atoms with Gasteiger partial charge in [0.25, 0.3) is 0 Å². The predicted molar refractivity (Wildman–Crippen MR) is 42.4 cm³/mol. The summed E-state index contributed by atoms with van der Waals surface area (Å²) in [4.78, 5) is 12.6. The van der Waals surface area contributed by atoms with Crippen LogP contribution in [0.25, 0.3) is 0 Å². The van der Waals surface area contributed by atoms with Gasteiger partial charge in [0.15, 0.2) is 0 Å². The standard InChI is InChI=1S/C8H12N2O2/c9-3-1-4-10-5-2-7(6-10)8(11)12/h7H,1-2,4-6H2,(H,11,12). The maximum atomic E-state index is 10.5. The fourth-order valence-corrected chi connectivity index (χ4v) is 1.45. The third-order valence-corrected chi connectivity index (χ3v) is 2.16. The predicted octanol–water partition coefficient (Wildman–Crippen LogP) is 0.307. The number of nitrogens with zero attached hydrogens (tertiary/aromatic N) is 2. The molecular weight excluding hydrogens is 156 g/mol. The molecule has 1 unspecified atom stereocenters. The lowest BCUT2D eigenvalue weighted by molar-refractivity contribution is -0.141. The second-order valence-corrected chi connectivity index (χ2v) is 3.03. The number of hydrogen-bond acceptors (Lipinski definition) is 3. The van der Waals surface area contributed by atoms with Crippen molar-refractivity contribution in [2.24, 2.45) is 5.92 Å². The average molecular weight is 168 g/mol. The van der Waals surface area contributed by atoms with Crippen LogP contribution >= 0.6 is 0 Å². The van der Waals surface area contributed by atoms with Crippen molar-refractivity contribution in [2.75, 3.05) is 19.6 Å². The van der Waals surface area contributed by atoms with Crippen molar-refractivity contribution < 1.29 is 9.90 Å². The van der Waals surface area contributed by atoms with Gasteiger partial charge in [-0.25, -0.2) is 0 Å². The molecule has 0 saturated carbocycles. The number of carboxylic acid groups (broad SMARTS) is 1. The van der Waals surface area contributed by atoms with E-state index in [2.05, 4.69) is 0 Å². The summed E-state index contributed by atoms with van der Waals surface area (Å²) in [5.74, 6) is -0.932. The summed E-state index contributed by atoms with van der Waals surface area (Å²) in [6, 6.07) is 2.05. The van der Waals surface area contributed by atoms with Crippen LogP contribution in [-0.2, 0) is 4.79 Å². The molecule has 1 aliphatic heterocycles. The van der Waals surface area contributed by atoms with E-state index in [9.17, 15) is 4.79 Å². The second-order valence-electron chi connectivity index (χ2n) is 3.03. The Morgan fingerprint density at radius 2 is 2.50 bits per heavy atom. The number of carbonyl (C=O) groups is 1. The van der Waals surface area contributed by atoms with Crippen LogP contribution in [0.15, 0.2) is 0 Å². The molecule has 1 N–H and O–H groups in total. The molecule has 12 heavy (non-hydrogen) atoms.